The van der Waals surface area contributed by atoms with E-state index in [2.05, 4.69) is 20.4 Å². The Morgan fingerprint density at radius 3 is 2.64 bits per heavy atom. The quantitative estimate of drug-likeness (QED) is 0.730. The molecule has 0 amide bonds. The van der Waals surface area contributed by atoms with Crippen molar-refractivity contribution in [3.05, 3.63) is 60.2 Å². The van der Waals surface area contributed by atoms with E-state index in [1.165, 1.54) is 12.1 Å². The van der Waals surface area contributed by atoms with Crippen LogP contribution in [0.4, 0.5) is 10.1 Å². The van der Waals surface area contributed by atoms with Gasteiger partial charge in [0.05, 0.1) is 18.5 Å². The van der Waals surface area contributed by atoms with Crippen LogP contribution in [0, 0.1) is 5.82 Å². The van der Waals surface area contributed by atoms with Crippen molar-refractivity contribution >= 4 is 5.69 Å². The van der Waals surface area contributed by atoms with E-state index in [0.717, 1.165) is 35.5 Å². The van der Waals surface area contributed by atoms with Crippen LogP contribution in [-0.2, 0) is 0 Å². The second-order valence-corrected chi connectivity index (χ2v) is 7.11. The molecule has 3 atom stereocenters. The number of anilines is 1. The van der Waals surface area contributed by atoms with Crippen LogP contribution in [0.3, 0.4) is 0 Å². The molecule has 3 unspecified atom stereocenters. The Balaban J connectivity index is 1.70. The monoisotopic (exact) mass is 382 g/mol. The number of benzene rings is 2. The molecule has 0 aliphatic heterocycles. The number of ether oxygens (including phenoxy) is 1. The fourth-order valence-electron chi connectivity index (χ4n) is 4.15. The summed E-state index contributed by atoms with van der Waals surface area (Å²) in [5, 5.41) is 11.4. The SMILES string of the molecule is COc1ccc(-n2cnnn2)cc1N(C)C1CCC(N)C1c1ccc(F)cc1. The average molecular weight is 382 g/mol. The van der Waals surface area contributed by atoms with Crippen molar-refractivity contribution in [2.45, 2.75) is 30.8 Å². The zero-order chi connectivity index (χ0) is 19.7. The van der Waals surface area contributed by atoms with Crippen LogP contribution in [0.25, 0.3) is 5.69 Å². The smallest absolute Gasteiger partial charge is 0.143 e. The number of tetrazole rings is 1. The van der Waals surface area contributed by atoms with Crippen LogP contribution in [0.15, 0.2) is 48.8 Å². The average Bonchev–Trinajstić information content (AvgIpc) is 3.38. The Bertz CT molecular complexity index is 930. The molecule has 1 aliphatic rings. The van der Waals surface area contributed by atoms with Crippen LogP contribution < -0.4 is 15.4 Å². The van der Waals surface area contributed by atoms with Gasteiger partial charge in [0.15, 0.2) is 0 Å². The number of nitrogens with zero attached hydrogens (tertiary/aromatic N) is 5. The minimum atomic E-state index is -0.240. The largest absolute Gasteiger partial charge is 0.495 e. The summed E-state index contributed by atoms with van der Waals surface area (Å²) >= 11 is 0. The lowest BCUT2D eigenvalue weighted by Gasteiger charge is -2.34. The van der Waals surface area contributed by atoms with E-state index in [0.29, 0.717) is 0 Å². The molecule has 2 aromatic carbocycles. The molecule has 0 bridgehead atoms. The van der Waals surface area contributed by atoms with Gasteiger partial charge in [-0.2, -0.15) is 0 Å². The van der Waals surface area contributed by atoms with Gasteiger partial charge in [-0.3, -0.25) is 0 Å². The highest BCUT2D eigenvalue weighted by Crippen LogP contribution is 2.41. The van der Waals surface area contributed by atoms with E-state index in [1.54, 1.807) is 18.1 Å². The number of hydrogen-bond acceptors (Lipinski definition) is 6. The first-order chi connectivity index (χ1) is 13.6. The lowest BCUT2D eigenvalue weighted by Crippen LogP contribution is -2.38. The van der Waals surface area contributed by atoms with Crippen LogP contribution in [0.2, 0.25) is 0 Å². The van der Waals surface area contributed by atoms with E-state index >= 15 is 0 Å². The van der Waals surface area contributed by atoms with Crippen LogP contribution >= 0.6 is 0 Å². The lowest BCUT2D eigenvalue weighted by atomic mass is 9.90. The maximum Gasteiger partial charge on any atom is 0.143 e. The van der Waals surface area contributed by atoms with E-state index < -0.39 is 0 Å². The highest BCUT2D eigenvalue weighted by Gasteiger charge is 2.38. The van der Waals surface area contributed by atoms with Gasteiger partial charge in [-0.1, -0.05) is 12.1 Å². The molecule has 0 radical (unpaired) electrons. The summed E-state index contributed by atoms with van der Waals surface area (Å²) in [6.07, 6.45) is 3.41. The van der Waals surface area contributed by atoms with Crippen molar-refractivity contribution in [1.29, 1.82) is 0 Å². The van der Waals surface area contributed by atoms with Gasteiger partial charge >= 0.3 is 0 Å². The molecular formula is C20H23FN6O. The molecule has 1 fully saturated rings. The molecule has 1 heterocycles. The summed E-state index contributed by atoms with van der Waals surface area (Å²) in [7, 11) is 3.70. The third-order valence-electron chi connectivity index (χ3n) is 5.58. The van der Waals surface area contributed by atoms with Crippen molar-refractivity contribution in [3.63, 3.8) is 0 Å². The third-order valence-corrected chi connectivity index (χ3v) is 5.58. The van der Waals surface area contributed by atoms with E-state index in [9.17, 15) is 4.39 Å². The normalized spacial score (nSPS) is 21.6. The molecule has 146 valence electrons. The van der Waals surface area contributed by atoms with Crippen molar-refractivity contribution < 1.29 is 9.13 Å². The molecule has 1 aromatic heterocycles. The first-order valence-corrected chi connectivity index (χ1v) is 9.23. The maximum absolute atomic E-state index is 13.4. The molecule has 7 nitrogen and oxygen atoms in total. The summed E-state index contributed by atoms with van der Waals surface area (Å²) in [6, 6.07) is 12.7. The van der Waals surface area contributed by atoms with Gasteiger partial charge in [0.1, 0.15) is 17.9 Å². The number of halogens is 1. The first-order valence-electron chi connectivity index (χ1n) is 9.23. The molecule has 1 saturated carbocycles. The minimum Gasteiger partial charge on any atom is -0.495 e. The molecule has 2 N–H and O–H groups in total. The maximum atomic E-state index is 13.4. The summed E-state index contributed by atoms with van der Waals surface area (Å²) in [4.78, 5) is 2.20. The first kappa shape index (κ1) is 18.4. The van der Waals surface area contributed by atoms with E-state index in [-0.39, 0.29) is 23.8 Å². The summed E-state index contributed by atoms with van der Waals surface area (Å²) in [5.41, 5.74) is 9.28. The Morgan fingerprint density at radius 2 is 1.96 bits per heavy atom. The third kappa shape index (κ3) is 3.31. The molecule has 4 rings (SSSR count). The molecule has 3 aromatic rings. The van der Waals surface area contributed by atoms with Crippen molar-refractivity contribution in [1.82, 2.24) is 20.2 Å². The Labute approximate surface area is 162 Å². The fraction of sp³-hybridized carbons (Fsp3) is 0.350. The number of rotatable bonds is 5. The van der Waals surface area contributed by atoms with Crippen LogP contribution in [-0.4, -0.2) is 46.4 Å². The van der Waals surface area contributed by atoms with Crippen LogP contribution in [0.5, 0.6) is 5.75 Å². The predicted octanol–water partition coefficient (Wildman–Crippen LogP) is 2.52. The van der Waals surface area contributed by atoms with Gasteiger partial charge in [-0.05, 0) is 59.2 Å². The Morgan fingerprint density at radius 1 is 1.18 bits per heavy atom. The van der Waals surface area contributed by atoms with E-state index in [1.807, 2.05) is 37.4 Å². The molecule has 0 saturated heterocycles. The zero-order valence-electron chi connectivity index (χ0n) is 15.9. The molecule has 0 spiro atoms. The highest BCUT2D eigenvalue weighted by atomic mass is 19.1. The molecule has 1 aliphatic carbocycles. The van der Waals surface area contributed by atoms with Crippen molar-refractivity contribution in [2.75, 3.05) is 19.1 Å². The minimum absolute atomic E-state index is 0.0200. The molecule has 28 heavy (non-hydrogen) atoms. The van der Waals surface area contributed by atoms with Crippen molar-refractivity contribution in [3.8, 4) is 11.4 Å². The fourth-order valence-corrected chi connectivity index (χ4v) is 4.15. The van der Waals surface area contributed by atoms with Gasteiger partial charge in [0.2, 0.25) is 0 Å². The Hall–Kier alpha value is -3.00. The second-order valence-electron chi connectivity index (χ2n) is 7.11. The predicted molar refractivity (Wildman–Crippen MR) is 104 cm³/mol. The van der Waals surface area contributed by atoms with Crippen molar-refractivity contribution in [2.24, 2.45) is 5.73 Å². The van der Waals surface area contributed by atoms with Gasteiger partial charge in [0.25, 0.3) is 0 Å². The van der Waals surface area contributed by atoms with Gasteiger partial charge < -0.3 is 15.4 Å². The number of aromatic nitrogens is 4. The number of hydrogen-bond donors (Lipinski definition) is 1. The lowest BCUT2D eigenvalue weighted by molar-refractivity contribution is 0.412. The van der Waals surface area contributed by atoms with Gasteiger partial charge in [0, 0.05) is 25.0 Å². The molecule has 8 heteroatoms. The number of likely N-dealkylation sites (N-methyl/N-ethyl adjacent to an activating group) is 1. The summed E-state index contributed by atoms with van der Waals surface area (Å²) in [6.45, 7) is 0. The number of nitrogens with two attached hydrogens (primary N) is 1. The zero-order valence-corrected chi connectivity index (χ0v) is 15.9. The topological polar surface area (TPSA) is 82.1 Å². The molecular weight excluding hydrogens is 359 g/mol. The summed E-state index contributed by atoms with van der Waals surface area (Å²) in [5.74, 6) is 0.626. The summed E-state index contributed by atoms with van der Waals surface area (Å²) < 4.78 is 20.6. The highest BCUT2D eigenvalue weighted by molar-refractivity contribution is 5.63. The van der Waals surface area contributed by atoms with Gasteiger partial charge in [-0.15, -0.1) is 5.10 Å². The number of methoxy groups -OCH3 is 1. The second kappa shape index (κ2) is 7.55. The standard InChI is InChI=1S/C20H23FN6O/c1-26(17-9-8-16(22)20(17)13-3-5-14(21)6-4-13)18-11-15(7-10-19(18)28-2)27-12-23-24-25-27/h3-7,10-12,16-17,20H,8-9,22H2,1-2H3. The van der Waals surface area contributed by atoms with Gasteiger partial charge in [-0.25, -0.2) is 9.07 Å². The Kier molecular flexibility index (Phi) is 4.95. The van der Waals surface area contributed by atoms with Crippen LogP contribution in [0.1, 0.15) is 24.3 Å². The van der Waals surface area contributed by atoms with E-state index in [4.69, 9.17) is 10.5 Å².